The largest absolute Gasteiger partial charge is 0.366 e. The third-order valence-corrected chi connectivity index (χ3v) is 7.04. The van der Waals surface area contributed by atoms with E-state index in [4.69, 9.17) is 12.2 Å². The van der Waals surface area contributed by atoms with Crippen LogP contribution in [0.1, 0.15) is 51.2 Å². The summed E-state index contributed by atoms with van der Waals surface area (Å²) in [6.45, 7) is 9.87. The molecule has 32 heavy (non-hydrogen) atoms. The van der Waals surface area contributed by atoms with Crippen LogP contribution in [0.15, 0.2) is 52.5 Å². The first-order valence-electron chi connectivity index (χ1n) is 10.7. The Morgan fingerprint density at radius 1 is 1.19 bits per heavy atom. The fourth-order valence-electron chi connectivity index (χ4n) is 4.85. The third kappa shape index (κ3) is 3.99. The van der Waals surface area contributed by atoms with E-state index in [0.717, 1.165) is 23.0 Å². The Bertz CT molecular complexity index is 1140. The lowest BCUT2D eigenvalue weighted by Crippen LogP contribution is -2.54. The quantitative estimate of drug-likeness (QED) is 0.340. The molecule has 166 valence electrons. The van der Waals surface area contributed by atoms with Gasteiger partial charge in [-0.15, -0.1) is 0 Å². The van der Waals surface area contributed by atoms with Gasteiger partial charge in [-0.3, -0.25) is 19.8 Å². The van der Waals surface area contributed by atoms with Gasteiger partial charge in [-0.1, -0.05) is 28.9 Å². The van der Waals surface area contributed by atoms with Gasteiger partial charge in [0.25, 0.3) is 11.8 Å². The minimum Gasteiger partial charge on any atom is -0.366 e. The van der Waals surface area contributed by atoms with Gasteiger partial charge in [0.15, 0.2) is 5.11 Å². The number of carbonyl (C=O) groups is 2. The highest BCUT2D eigenvalue weighted by Crippen LogP contribution is 2.43. The van der Waals surface area contributed by atoms with Gasteiger partial charge >= 0.3 is 0 Å². The molecule has 0 spiro atoms. The summed E-state index contributed by atoms with van der Waals surface area (Å²) in [4.78, 5) is 29.7. The topological polar surface area (TPSA) is 52.7 Å². The van der Waals surface area contributed by atoms with Crippen molar-refractivity contribution in [2.24, 2.45) is 0 Å². The van der Waals surface area contributed by atoms with Crippen molar-refractivity contribution >= 4 is 62.5 Å². The van der Waals surface area contributed by atoms with E-state index in [9.17, 15) is 9.59 Å². The van der Waals surface area contributed by atoms with Gasteiger partial charge in [0.05, 0.1) is 5.69 Å². The number of nitrogens with one attached hydrogen (secondary N) is 1. The molecule has 0 saturated carbocycles. The van der Waals surface area contributed by atoms with E-state index in [0.29, 0.717) is 11.6 Å². The molecule has 2 aromatic rings. The minimum atomic E-state index is -0.476. The first-order valence-corrected chi connectivity index (χ1v) is 11.9. The van der Waals surface area contributed by atoms with Gasteiger partial charge in [0, 0.05) is 22.2 Å². The number of thiocarbonyl (C=S) groups is 1. The summed E-state index contributed by atoms with van der Waals surface area (Å²) >= 11 is 8.68. The standard InChI is InChI=1S/C25H26BrN3O2S/c1-5-28-21-11-6-16(12-19(21)15(2)14-25(28,3)4)13-20-22(30)27-24(32)29(23(20)31)18-9-7-17(26)8-10-18/h6-13,15H,5,14H2,1-4H3,(H,27,30,32)/b20-13+/t15-/m0/s1. The number of anilines is 2. The van der Waals surface area contributed by atoms with Crippen molar-refractivity contribution in [2.45, 2.75) is 45.6 Å². The Morgan fingerprint density at radius 2 is 1.88 bits per heavy atom. The fraction of sp³-hybridized carbons (Fsp3) is 0.320. The molecule has 4 rings (SSSR count). The molecule has 1 fully saturated rings. The van der Waals surface area contributed by atoms with Crippen molar-refractivity contribution in [3.63, 3.8) is 0 Å². The molecular weight excluding hydrogens is 486 g/mol. The molecular formula is C25H26BrN3O2S. The van der Waals surface area contributed by atoms with Crippen LogP contribution in [0.5, 0.6) is 0 Å². The molecule has 7 heteroatoms. The van der Waals surface area contributed by atoms with E-state index in [1.54, 1.807) is 18.2 Å². The number of nitrogens with zero attached hydrogens (tertiary/aromatic N) is 2. The summed E-state index contributed by atoms with van der Waals surface area (Å²) in [5, 5.41) is 2.73. The van der Waals surface area contributed by atoms with E-state index in [-0.39, 0.29) is 16.2 Å². The molecule has 2 heterocycles. The van der Waals surface area contributed by atoms with Gasteiger partial charge in [0.2, 0.25) is 0 Å². The van der Waals surface area contributed by atoms with Crippen LogP contribution in [-0.4, -0.2) is 29.0 Å². The second-order valence-electron chi connectivity index (χ2n) is 8.91. The van der Waals surface area contributed by atoms with Crippen LogP contribution < -0.4 is 15.1 Å². The Balaban J connectivity index is 1.72. The van der Waals surface area contributed by atoms with Gasteiger partial charge in [-0.2, -0.15) is 0 Å². The molecule has 2 aromatic carbocycles. The summed E-state index contributed by atoms with van der Waals surface area (Å²) < 4.78 is 0.893. The molecule has 2 aliphatic rings. The Morgan fingerprint density at radius 3 is 2.53 bits per heavy atom. The first-order chi connectivity index (χ1) is 15.1. The number of hydrogen-bond donors (Lipinski definition) is 1. The van der Waals surface area contributed by atoms with Crippen molar-refractivity contribution in [3.05, 3.63) is 63.6 Å². The zero-order valence-electron chi connectivity index (χ0n) is 18.6. The number of carbonyl (C=O) groups excluding carboxylic acids is 2. The lowest BCUT2D eigenvalue weighted by molar-refractivity contribution is -0.122. The van der Waals surface area contributed by atoms with Crippen LogP contribution in [-0.2, 0) is 9.59 Å². The van der Waals surface area contributed by atoms with E-state index in [1.807, 2.05) is 18.2 Å². The summed E-state index contributed by atoms with van der Waals surface area (Å²) in [5.41, 5.74) is 4.04. The summed E-state index contributed by atoms with van der Waals surface area (Å²) in [6.07, 6.45) is 2.70. The number of fused-ring (bicyclic) bond motifs is 1. The van der Waals surface area contributed by atoms with Crippen molar-refractivity contribution in [1.82, 2.24) is 5.32 Å². The van der Waals surface area contributed by atoms with Crippen LogP contribution in [0.3, 0.4) is 0 Å². The van der Waals surface area contributed by atoms with Crippen LogP contribution in [0, 0.1) is 0 Å². The van der Waals surface area contributed by atoms with E-state index < -0.39 is 11.8 Å². The number of benzene rings is 2. The van der Waals surface area contributed by atoms with Gasteiger partial charge < -0.3 is 4.90 Å². The van der Waals surface area contributed by atoms with Crippen LogP contribution >= 0.6 is 28.1 Å². The molecule has 1 saturated heterocycles. The second-order valence-corrected chi connectivity index (χ2v) is 10.2. The number of hydrogen-bond acceptors (Lipinski definition) is 4. The van der Waals surface area contributed by atoms with E-state index in [2.05, 4.69) is 66.0 Å². The molecule has 5 nitrogen and oxygen atoms in total. The summed E-state index contributed by atoms with van der Waals surface area (Å²) in [6, 6.07) is 13.4. The highest BCUT2D eigenvalue weighted by molar-refractivity contribution is 9.10. The molecule has 0 aliphatic carbocycles. The normalized spacial score (nSPS) is 21.6. The number of halogens is 1. The zero-order chi connectivity index (χ0) is 23.2. The Kier molecular flexibility index (Phi) is 5.98. The minimum absolute atomic E-state index is 0.0672. The average Bonchev–Trinajstić information content (AvgIpc) is 2.72. The molecule has 0 aromatic heterocycles. The fourth-order valence-corrected chi connectivity index (χ4v) is 5.39. The highest BCUT2D eigenvalue weighted by atomic mass is 79.9. The first kappa shape index (κ1) is 22.7. The van der Waals surface area contributed by atoms with E-state index in [1.165, 1.54) is 16.2 Å². The SMILES string of the molecule is CCN1c2ccc(/C=C3\C(=O)NC(=S)N(c4ccc(Br)cc4)C3=O)cc2[C@@H](C)CC1(C)C. The van der Waals surface area contributed by atoms with Gasteiger partial charge in [-0.25, -0.2) is 0 Å². The maximum atomic E-state index is 13.3. The van der Waals surface area contributed by atoms with Crippen molar-refractivity contribution in [2.75, 3.05) is 16.3 Å². The molecule has 1 N–H and O–H groups in total. The predicted octanol–water partition coefficient (Wildman–Crippen LogP) is 5.39. The lowest BCUT2D eigenvalue weighted by Gasteiger charge is -2.47. The zero-order valence-corrected chi connectivity index (χ0v) is 21.0. The second kappa shape index (κ2) is 8.45. The van der Waals surface area contributed by atoms with Crippen LogP contribution in [0.25, 0.3) is 6.08 Å². The molecule has 0 bridgehead atoms. The van der Waals surface area contributed by atoms with Crippen molar-refractivity contribution < 1.29 is 9.59 Å². The Hall–Kier alpha value is -2.51. The molecule has 2 aliphatic heterocycles. The van der Waals surface area contributed by atoms with Gasteiger partial charge in [0.1, 0.15) is 5.57 Å². The number of rotatable bonds is 3. The van der Waals surface area contributed by atoms with Gasteiger partial charge in [-0.05, 0) is 98.9 Å². The highest BCUT2D eigenvalue weighted by Gasteiger charge is 2.36. The summed E-state index contributed by atoms with van der Waals surface area (Å²) in [7, 11) is 0. The summed E-state index contributed by atoms with van der Waals surface area (Å²) in [5.74, 6) is -0.525. The van der Waals surface area contributed by atoms with Crippen molar-refractivity contribution in [3.8, 4) is 0 Å². The van der Waals surface area contributed by atoms with Crippen molar-refractivity contribution in [1.29, 1.82) is 0 Å². The molecule has 0 radical (unpaired) electrons. The lowest BCUT2D eigenvalue weighted by atomic mass is 9.79. The molecule has 1 atom stereocenters. The Labute approximate surface area is 202 Å². The van der Waals surface area contributed by atoms with Crippen LogP contribution in [0.4, 0.5) is 11.4 Å². The maximum Gasteiger partial charge on any atom is 0.270 e. The third-order valence-electron chi connectivity index (χ3n) is 6.22. The smallest absolute Gasteiger partial charge is 0.270 e. The average molecular weight is 512 g/mol. The monoisotopic (exact) mass is 511 g/mol. The van der Waals surface area contributed by atoms with Crippen LogP contribution in [0.2, 0.25) is 0 Å². The predicted molar refractivity (Wildman–Crippen MR) is 137 cm³/mol. The number of amides is 2. The molecule has 0 unspecified atom stereocenters. The van der Waals surface area contributed by atoms with E-state index >= 15 is 0 Å². The molecule has 2 amide bonds. The maximum absolute atomic E-state index is 13.3.